The van der Waals surface area contributed by atoms with Crippen molar-refractivity contribution < 1.29 is 33.6 Å². The maximum Gasteiger partial charge on any atom is 0.193 e. The average molecular weight is 602 g/mol. The van der Waals surface area contributed by atoms with Gasteiger partial charge in [0.2, 0.25) is 0 Å². The Balaban J connectivity index is 1.16. The molecule has 0 bridgehead atoms. The molecule has 2 aromatic rings. The Morgan fingerprint density at radius 1 is 1.18 bits per heavy atom. The number of aliphatic hydroxyl groups excluding tert-OH is 2. The molecule has 3 saturated carbocycles. The summed E-state index contributed by atoms with van der Waals surface area (Å²) >= 11 is 0. The third kappa shape index (κ3) is 3.90. The summed E-state index contributed by atoms with van der Waals surface area (Å²) in [5, 5.41) is 22.0. The minimum absolute atomic E-state index is 0.0113. The first-order valence-corrected chi connectivity index (χ1v) is 15.5. The van der Waals surface area contributed by atoms with Gasteiger partial charge in [0, 0.05) is 28.0 Å². The van der Waals surface area contributed by atoms with Crippen LogP contribution < -0.4 is 10.5 Å². The van der Waals surface area contributed by atoms with E-state index in [-0.39, 0.29) is 12.3 Å². The third-order valence-corrected chi connectivity index (χ3v) is 11.5. The molecule has 8 heteroatoms. The van der Waals surface area contributed by atoms with E-state index < -0.39 is 58.9 Å². The number of nitrogens with two attached hydrogens (primary N) is 1. The number of alkyl halides is 1. The molecule has 0 spiro atoms. The van der Waals surface area contributed by atoms with Crippen molar-refractivity contribution in [2.75, 3.05) is 12.3 Å². The zero-order chi connectivity index (χ0) is 31.1. The van der Waals surface area contributed by atoms with Crippen LogP contribution in [-0.4, -0.2) is 46.1 Å². The van der Waals surface area contributed by atoms with Crippen molar-refractivity contribution in [1.29, 1.82) is 0 Å². The molecule has 0 radical (unpaired) electrons. The number of nitrogen functional groups attached to an aromatic ring is 1. The van der Waals surface area contributed by atoms with Gasteiger partial charge in [-0.2, -0.15) is 0 Å². The number of anilines is 1. The lowest BCUT2D eigenvalue weighted by atomic mass is 9.44. The molecule has 0 unspecified atom stereocenters. The van der Waals surface area contributed by atoms with E-state index in [1.807, 2.05) is 80.6 Å². The van der Waals surface area contributed by atoms with Crippen LogP contribution in [0.3, 0.4) is 0 Å². The number of halogens is 1. The number of benzene rings is 2. The summed E-state index contributed by atoms with van der Waals surface area (Å²) in [5.74, 6) is -0.661. The molecule has 1 saturated heterocycles. The zero-order valence-corrected chi connectivity index (χ0v) is 25.2. The fraction of sp³-hybridized carbons (Fsp3) is 0.472. The molecule has 4 fully saturated rings. The number of Topliss-reactive ketones (excluding diaryl/α,β-unsaturated/α-hetero) is 1. The van der Waals surface area contributed by atoms with Crippen LogP contribution >= 0.6 is 0 Å². The van der Waals surface area contributed by atoms with Crippen LogP contribution in [-0.2, 0) is 20.9 Å². The minimum Gasteiger partial charge on any atom is -0.489 e. The second-order valence-electron chi connectivity index (χ2n) is 13.7. The van der Waals surface area contributed by atoms with Gasteiger partial charge in [0.25, 0.3) is 0 Å². The first kappa shape index (κ1) is 29.4. The molecule has 4 aliphatic carbocycles. The van der Waals surface area contributed by atoms with Gasteiger partial charge in [0.1, 0.15) is 19.0 Å². The highest BCUT2D eigenvalue weighted by Gasteiger charge is 2.79. The fourth-order valence-electron chi connectivity index (χ4n) is 9.37. The number of aliphatic hydroxyl groups is 2. The van der Waals surface area contributed by atoms with Gasteiger partial charge >= 0.3 is 0 Å². The topological polar surface area (TPSA) is 111 Å². The van der Waals surface area contributed by atoms with Crippen LogP contribution in [0.1, 0.15) is 56.9 Å². The van der Waals surface area contributed by atoms with Crippen LogP contribution in [0.4, 0.5) is 10.1 Å². The Hall–Kier alpha value is -3.30. The first-order valence-electron chi connectivity index (χ1n) is 15.5. The maximum absolute atomic E-state index is 17.6. The zero-order valence-electron chi connectivity index (χ0n) is 25.2. The number of carbonyl (C=O) groups is 1. The molecule has 7 rings (SSSR count). The van der Waals surface area contributed by atoms with E-state index >= 15 is 4.39 Å². The number of carbonyl (C=O) groups excluding carboxylic acids is 1. The summed E-state index contributed by atoms with van der Waals surface area (Å²) in [6.07, 6.45) is 4.36. The van der Waals surface area contributed by atoms with E-state index in [0.717, 1.165) is 16.7 Å². The molecule has 9 atom stereocenters. The lowest BCUT2D eigenvalue weighted by Crippen LogP contribution is -2.69. The number of rotatable bonds is 6. The van der Waals surface area contributed by atoms with Gasteiger partial charge in [-0.3, -0.25) is 4.79 Å². The van der Waals surface area contributed by atoms with Gasteiger partial charge in [-0.15, -0.1) is 0 Å². The van der Waals surface area contributed by atoms with Gasteiger partial charge in [0.05, 0.1) is 12.2 Å². The van der Waals surface area contributed by atoms with Gasteiger partial charge in [-0.25, -0.2) is 4.39 Å². The van der Waals surface area contributed by atoms with E-state index in [0.29, 0.717) is 42.9 Å². The second-order valence-corrected chi connectivity index (χ2v) is 13.7. The summed E-state index contributed by atoms with van der Waals surface area (Å²) in [7, 11) is 0. The molecular formula is C36H40FNO6. The second kappa shape index (κ2) is 10.1. The van der Waals surface area contributed by atoms with E-state index in [1.54, 1.807) is 0 Å². The molecule has 0 aromatic heterocycles. The molecule has 2 aromatic carbocycles. The van der Waals surface area contributed by atoms with Gasteiger partial charge in [-0.1, -0.05) is 61.6 Å². The van der Waals surface area contributed by atoms with Crippen LogP contribution in [0.15, 0.2) is 84.5 Å². The minimum atomic E-state index is -1.93. The van der Waals surface area contributed by atoms with Crippen molar-refractivity contribution in [1.82, 2.24) is 0 Å². The fourth-order valence-corrected chi connectivity index (χ4v) is 9.37. The van der Waals surface area contributed by atoms with Crippen LogP contribution in [0.2, 0.25) is 0 Å². The maximum atomic E-state index is 17.6. The molecule has 4 N–H and O–H groups in total. The predicted molar refractivity (Wildman–Crippen MR) is 163 cm³/mol. The van der Waals surface area contributed by atoms with E-state index in [9.17, 15) is 15.0 Å². The van der Waals surface area contributed by atoms with Gasteiger partial charge < -0.3 is 30.2 Å². The lowest BCUT2D eigenvalue weighted by Gasteiger charge is -2.62. The highest BCUT2D eigenvalue weighted by Crippen LogP contribution is 2.72. The van der Waals surface area contributed by atoms with E-state index in [4.69, 9.17) is 19.9 Å². The summed E-state index contributed by atoms with van der Waals surface area (Å²) in [6, 6.07) is 14.8. The Kier molecular flexibility index (Phi) is 6.76. The van der Waals surface area contributed by atoms with Crippen molar-refractivity contribution >= 4 is 11.5 Å². The SMILES string of the molecule is C=C1C=C[C@@]2(C)C(=C1)CC[C@H]1[C@@H]3C[C@H]4O[C@@H](c5ccc(OCc6cccc(N)c6)cc5)O[C@@]4(C(=O)CO)[C@@]3(C)C[C@H](O)[C@@]12F. The third-order valence-electron chi connectivity index (χ3n) is 11.5. The summed E-state index contributed by atoms with van der Waals surface area (Å²) < 4.78 is 36.6. The monoisotopic (exact) mass is 601 g/mol. The van der Waals surface area contributed by atoms with E-state index in [2.05, 4.69) is 6.58 Å². The van der Waals surface area contributed by atoms with E-state index in [1.165, 1.54) is 0 Å². The normalized spacial score (nSPS) is 40.4. The van der Waals surface area contributed by atoms with Crippen LogP contribution in [0, 0.1) is 22.7 Å². The summed E-state index contributed by atoms with van der Waals surface area (Å²) in [5.41, 5.74) is 4.58. The standard InChI is InChI=1S/C36H40FNO6/c1-21-13-14-33(2)24(15-21)9-12-27-28-17-31-36(30(41)19-39,34(28,3)18-29(40)35(27,33)37)44-32(43-31)23-7-10-26(11-8-23)42-20-22-5-4-6-25(38)16-22/h4-8,10-11,13-16,27-29,31-32,39-40H,1,9,12,17-20,38H2,2-3H3/t27-,28-,29-,31+,32+,33-,34-,35-,36+/m0/s1. The Bertz CT molecular complexity index is 1570. The highest BCUT2D eigenvalue weighted by atomic mass is 19.1. The van der Waals surface area contributed by atoms with Crippen LogP contribution in [0.25, 0.3) is 0 Å². The molecule has 0 amide bonds. The highest BCUT2D eigenvalue weighted by molar-refractivity contribution is 5.91. The Morgan fingerprint density at radius 2 is 1.95 bits per heavy atom. The van der Waals surface area contributed by atoms with Crippen molar-refractivity contribution in [3.05, 3.63) is 95.6 Å². The number of allylic oxidation sites excluding steroid dienone is 5. The molecule has 7 nitrogen and oxygen atoms in total. The number of fused-ring (bicyclic) bond motifs is 7. The molecule has 1 heterocycles. The largest absolute Gasteiger partial charge is 0.489 e. The first-order chi connectivity index (χ1) is 21.0. The molecule has 1 aliphatic heterocycles. The molecule has 5 aliphatic rings. The number of hydrogen-bond acceptors (Lipinski definition) is 7. The molecule has 44 heavy (non-hydrogen) atoms. The number of ether oxygens (including phenoxy) is 3. The van der Waals surface area contributed by atoms with Crippen molar-refractivity contribution in [2.24, 2.45) is 22.7 Å². The van der Waals surface area contributed by atoms with Crippen molar-refractivity contribution in [3.8, 4) is 5.75 Å². The smallest absolute Gasteiger partial charge is 0.193 e. The Morgan fingerprint density at radius 3 is 2.68 bits per heavy atom. The van der Waals surface area contributed by atoms with Gasteiger partial charge in [0.15, 0.2) is 23.3 Å². The summed E-state index contributed by atoms with van der Waals surface area (Å²) in [6.45, 7) is 7.44. The number of hydrogen-bond donors (Lipinski definition) is 3. The predicted octanol–water partition coefficient (Wildman–Crippen LogP) is 5.53. The Labute approximate surface area is 257 Å². The quantitative estimate of drug-likeness (QED) is 0.374. The van der Waals surface area contributed by atoms with Crippen LogP contribution in [0.5, 0.6) is 5.75 Å². The van der Waals surface area contributed by atoms with Gasteiger partial charge in [-0.05, 0) is 73.9 Å². The molecule has 232 valence electrons. The number of ketones is 1. The average Bonchev–Trinajstić information content (AvgIpc) is 3.50. The lowest BCUT2D eigenvalue weighted by molar-refractivity contribution is -0.231. The summed E-state index contributed by atoms with van der Waals surface area (Å²) in [4.78, 5) is 13.7. The van der Waals surface area contributed by atoms with Crippen molar-refractivity contribution in [2.45, 2.75) is 75.9 Å². The molecular weight excluding hydrogens is 561 g/mol. The van der Waals surface area contributed by atoms with Crippen molar-refractivity contribution in [3.63, 3.8) is 0 Å².